The second-order valence-corrected chi connectivity index (χ2v) is 10.1. The number of carbonyl (C=O) groups excluding carboxylic acids is 1. The Morgan fingerprint density at radius 1 is 1.05 bits per heavy atom. The number of benzene rings is 3. The minimum Gasteiger partial charge on any atom is -0.492 e. The highest BCUT2D eigenvalue weighted by atomic mass is 19.4. The third kappa shape index (κ3) is 4.69. The molecule has 0 radical (unpaired) electrons. The van der Waals surface area contributed by atoms with E-state index in [0.717, 1.165) is 28.5 Å². The fraction of sp³-hybridized carbons (Fsp3) is 0.290. The van der Waals surface area contributed by atoms with Crippen LogP contribution in [0.4, 0.5) is 13.2 Å². The van der Waals surface area contributed by atoms with Gasteiger partial charge in [0.15, 0.2) is 0 Å². The molecule has 2 atom stereocenters. The monoisotopic (exact) mass is 548 g/mol. The Labute approximate surface area is 229 Å². The molecule has 9 heteroatoms. The van der Waals surface area contributed by atoms with Gasteiger partial charge >= 0.3 is 12.1 Å². The summed E-state index contributed by atoms with van der Waals surface area (Å²) in [5.74, 6) is 0.824. The van der Waals surface area contributed by atoms with Crippen molar-refractivity contribution in [1.82, 2.24) is 9.78 Å². The Hall–Kier alpha value is -4.27. The number of fused-ring (bicyclic) bond motifs is 2. The molecule has 6 rings (SSSR count). The van der Waals surface area contributed by atoms with Crippen molar-refractivity contribution in [1.29, 1.82) is 0 Å². The van der Waals surface area contributed by atoms with Crippen molar-refractivity contribution in [3.05, 3.63) is 89.1 Å². The van der Waals surface area contributed by atoms with Crippen molar-refractivity contribution in [3.8, 4) is 33.9 Å². The van der Waals surface area contributed by atoms with Gasteiger partial charge in [0, 0.05) is 30.8 Å². The SMILES string of the molecule is COC(=O)CC1COc2cc(O[C@@H]3CCc4c3ccc(C(F)(F)F)c4-c3ccc(-c4ccnn4C)cc3)ccc21. The molecule has 0 amide bonds. The van der Waals surface area contributed by atoms with E-state index in [2.05, 4.69) is 5.10 Å². The second-order valence-electron chi connectivity index (χ2n) is 10.1. The molecule has 40 heavy (non-hydrogen) atoms. The van der Waals surface area contributed by atoms with Gasteiger partial charge in [0.05, 0.1) is 31.4 Å². The number of alkyl halides is 3. The summed E-state index contributed by atoms with van der Waals surface area (Å²) in [5.41, 5.74) is 4.14. The van der Waals surface area contributed by atoms with E-state index in [1.165, 1.54) is 7.11 Å². The Kier molecular flexibility index (Phi) is 6.52. The number of carbonyl (C=O) groups is 1. The summed E-state index contributed by atoms with van der Waals surface area (Å²) in [5, 5.41) is 4.18. The molecule has 1 aliphatic heterocycles. The highest BCUT2D eigenvalue weighted by Gasteiger charge is 2.38. The summed E-state index contributed by atoms with van der Waals surface area (Å²) < 4.78 is 61.1. The highest BCUT2D eigenvalue weighted by molar-refractivity contribution is 5.76. The molecule has 3 aromatic carbocycles. The number of halogens is 3. The van der Waals surface area contributed by atoms with Crippen molar-refractivity contribution in [2.45, 2.75) is 37.5 Å². The quantitative estimate of drug-likeness (QED) is 0.246. The molecular weight excluding hydrogens is 521 g/mol. The average molecular weight is 549 g/mol. The molecule has 1 unspecified atom stereocenters. The molecule has 2 aliphatic rings. The maximum Gasteiger partial charge on any atom is 0.417 e. The van der Waals surface area contributed by atoms with E-state index in [1.807, 2.05) is 37.4 Å². The minimum atomic E-state index is -4.50. The molecule has 0 saturated carbocycles. The highest BCUT2D eigenvalue weighted by Crippen LogP contribution is 2.47. The maximum absolute atomic E-state index is 14.2. The Morgan fingerprint density at radius 2 is 1.80 bits per heavy atom. The molecule has 4 aromatic rings. The van der Waals surface area contributed by atoms with Crippen LogP contribution < -0.4 is 9.47 Å². The molecule has 1 aliphatic carbocycles. The molecule has 0 bridgehead atoms. The number of ether oxygens (including phenoxy) is 3. The number of aryl methyl sites for hydroxylation is 1. The average Bonchev–Trinajstić information content (AvgIpc) is 3.66. The van der Waals surface area contributed by atoms with Crippen LogP contribution in [0, 0.1) is 0 Å². The largest absolute Gasteiger partial charge is 0.492 e. The summed E-state index contributed by atoms with van der Waals surface area (Å²) in [7, 11) is 3.18. The van der Waals surface area contributed by atoms with Gasteiger partial charge in [-0.3, -0.25) is 9.48 Å². The molecule has 6 nitrogen and oxygen atoms in total. The van der Waals surface area contributed by atoms with Crippen molar-refractivity contribution >= 4 is 5.97 Å². The Bertz CT molecular complexity index is 1580. The normalized spacial score (nSPS) is 17.7. The van der Waals surface area contributed by atoms with Gasteiger partial charge in [-0.2, -0.15) is 18.3 Å². The van der Waals surface area contributed by atoms with Gasteiger partial charge in [0.25, 0.3) is 0 Å². The van der Waals surface area contributed by atoms with Crippen LogP contribution in [0.2, 0.25) is 0 Å². The van der Waals surface area contributed by atoms with Crippen LogP contribution in [0.15, 0.2) is 66.9 Å². The van der Waals surface area contributed by atoms with E-state index >= 15 is 0 Å². The van der Waals surface area contributed by atoms with Crippen LogP contribution in [0.3, 0.4) is 0 Å². The number of hydrogen-bond acceptors (Lipinski definition) is 5. The van der Waals surface area contributed by atoms with Crippen LogP contribution in [0.1, 0.15) is 47.1 Å². The zero-order valence-corrected chi connectivity index (χ0v) is 22.0. The number of hydrogen-bond donors (Lipinski definition) is 0. The molecule has 1 aromatic heterocycles. The fourth-order valence-electron chi connectivity index (χ4n) is 5.77. The molecular formula is C31H27F3N2O4. The first-order valence-corrected chi connectivity index (χ1v) is 13.0. The lowest BCUT2D eigenvalue weighted by molar-refractivity contribution is -0.141. The summed E-state index contributed by atoms with van der Waals surface area (Å²) >= 11 is 0. The molecule has 0 fully saturated rings. The lowest BCUT2D eigenvalue weighted by atomic mass is 9.90. The number of nitrogens with zero attached hydrogens (tertiary/aromatic N) is 2. The smallest absolute Gasteiger partial charge is 0.417 e. The van der Waals surface area contributed by atoms with Crippen LogP contribution in [0.5, 0.6) is 11.5 Å². The van der Waals surface area contributed by atoms with E-state index in [-0.39, 0.29) is 23.9 Å². The lowest BCUT2D eigenvalue weighted by Gasteiger charge is -2.20. The first kappa shape index (κ1) is 26.0. The van der Waals surface area contributed by atoms with Crippen molar-refractivity contribution in [3.63, 3.8) is 0 Å². The number of rotatable bonds is 6. The third-order valence-electron chi connectivity index (χ3n) is 7.73. The standard InChI is InChI=1S/C31H27F3N2O4/c1-36-26(13-14-35-36)18-3-5-19(6-4-18)30-24-10-12-27(23(24)9-11-25(30)31(32,33)34)40-21-7-8-22-20(15-29(37)38-2)17-39-28(22)16-21/h3-9,11,13-14,16,20,27H,10,12,15,17H2,1-2H3/t20?,27-/m1/s1. The molecule has 2 heterocycles. The van der Waals surface area contributed by atoms with Crippen molar-refractivity contribution < 1.29 is 32.2 Å². The Morgan fingerprint density at radius 3 is 2.50 bits per heavy atom. The predicted octanol–water partition coefficient (Wildman–Crippen LogP) is 6.88. The van der Waals surface area contributed by atoms with Crippen LogP contribution in [-0.4, -0.2) is 29.5 Å². The van der Waals surface area contributed by atoms with Gasteiger partial charge in [-0.1, -0.05) is 36.4 Å². The van der Waals surface area contributed by atoms with Gasteiger partial charge < -0.3 is 14.2 Å². The van der Waals surface area contributed by atoms with Gasteiger partial charge in [0.1, 0.15) is 17.6 Å². The van der Waals surface area contributed by atoms with Crippen LogP contribution in [-0.2, 0) is 29.2 Å². The number of methoxy groups -OCH3 is 1. The summed E-state index contributed by atoms with van der Waals surface area (Å²) in [6.45, 7) is 0.378. The predicted molar refractivity (Wildman–Crippen MR) is 142 cm³/mol. The Balaban J connectivity index is 1.30. The van der Waals surface area contributed by atoms with E-state index < -0.39 is 17.8 Å². The van der Waals surface area contributed by atoms with Crippen LogP contribution >= 0.6 is 0 Å². The number of aromatic nitrogens is 2. The van der Waals surface area contributed by atoms with Crippen LogP contribution in [0.25, 0.3) is 22.4 Å². The van der Waals surface area contributed by atoms with Gasteiger partial charge in [-0.25, -0.2) is 0 Å². The summed E-state index contributed by atoms with van der Waals surface area (Å²) in [6.07, 6.45) is -1.96. The first-order valence-electron chi connectivity index (χ1n) is 13.0. The lowest BCUT2D eigenvalue weighted by Crippen LogP contribution is -2.10. The molecule has 0 spiro atoms. The van der Waals surface area contributed by atoms with E-state index in [9.17, 15) is 18.0 Å². The maximum atomic E-state index is 14.2. The van der Waals surface area contributed by atoms with Gasteiger partial charge in [-0.05, 0) is 58.9 Å². The van der Waals surface area contributed by atoms with Gasteiger partial charge in [0.2, 0.25) is 0 Å². The molecule has 206 valence electrons. The zero-order chi connectivity index (χ0) is 28.0. The zero-order valence-electron chi connectivity index (χ0n) is 22.0. The van der Waals surface area contributed by atoms with E-state index in [1.54, 1.807) is 35.1 Å². The van der Waals surface area contributed by atoms with Gasteiger partial charge in [-0.15, -0.1) is 0 Å². The second kappa shape index (κ2) is 10.0. The minimum absolute atomic E-state index is 0.0867. The molecule has 0 N–H and O–H groups in total. The van der Waals surface area contributed by atoms with Crippen molar-refractivity contribution in [2.24, 2.45) is 7.05 Å². The van der Waals surface area contributed by atoms with E-state index in [0.29, 0.717) is 42.1 Å². The third-order valence-corrected chi connectivity index (χ3v) is 7.73. The molecule has 0 saturated heterocycles. The fourth-order valence-corrected chi connectivity index (χ4v) is 5.77. The first-order chi connectivity index (χ1) is 19.2. The summed E-state index contributed by atoms with van der Waals surface area (Å²) in [6, 6.07) is 17.2. The number of esters is 1. The summed E-state index contributed by atoms with van der Waals surface area (Å²) in [4.78, 5) is 11.7. The topological polar surface area (TPSA) is 62.6 Å². The van der Waals surface area contributed by atoms with Crippen molar-refractivity contribution in [2.75, 3.05) is 13.7 Å². The van der Waals surface area contributed by atoms with E-state index in [4.69, 9.17) is 14.2 Å².